The Labute approximate surface area is 102 Å². The molecule has 1 saturated heterocycles. The normalized spacial score (nSPS) is 22.6. The summed E-state index contributed by atoms with van der Waals surface area (Å²) in [6.07, 6.45) is 3.28. The summed E-state index contributed by atoms with van der Waals surface area (Å²) in [7, 11) is 1.67. The molecule has 0 spiro atoms. The molecule has 1 heterocycles. The van der Waals surface area contributed by atoms with E-state index in [4.69, 9.17) is 5.11 Å². The topological polar surface area (TPSA) is 60.9 Å². The fraction of sp³-hybridized carbons (Fsp3) is 0.833. The molecule has 17 heavy (non-hydrogen) atoms. The Morgan fingerprint density at radius 2 is 2.12 bits per heavy atom. The third-order valence-electron chi connectivity index (χ3n) is 3.18. The zero-order chi connectivity index (χ0) is 12.8. The number of amides is 1. The molecule has 1 aliphatic heterocycles. The molecule has 1 fully saturated rings. The number of carboxylic acid groups (broad SMARTS) is 1. The molecular formula is C12H22N2O3. The van der Waals surface area contributed by atoms with Gasteiger partial charge < -0.3 is 10.0 Å². The lowest BCUT2D eigenvalue weighted by atomic mass is 10.1. The van der Waals surface area contributed by atoms with E-state index in [0.29, 0.717) is 19.6 Å². The Morgan fingerprint density at radius 1 is 1.41 bits per heavy atom. The van der Waals surface area contributed by atoms with E-state index in [2.05, 4.69) is 6.92 Å². The van der Waals surface area contributed by atoms with Crippen molar-refractivity contribution in [3.8, 4) is 0 Å². The fourth-order valence-corrected chi connectivity index (χ4v) is 2.09. The minimum Gasteiger partial charge on any atom is -0.481 e. The number of carboxylic acids is 1. The first-order valence-corrected chi connectivity index (χ1v) is 6.23. The number of aliphatic carboxylic acids is 1. The smallest absolute Gasteiger partial charge is 0.309 e. The van der Waals surface area contributed by atoms with Gasteiger partial charge in [-0.3, -0.25) is 14.5 Å². The van der Waals surface area contributed by atoms with Crippen LogP contribution in [0.2, 0.25) is 0 Å². The van der Waals surface area contributed by atoms with Crippen LogP contribution in [0.5, 0.6) is 0 Å². The Balaban J connectivity index is 2.57. The number of hydrogen-bond acceptors (Lipinski definition) is 3. The van der Waals surface area contributed by atoms with E-state index in [1.54, 1.807) is 7.05 Å². The van der Waals surface area contributed by atoms with Crippen molar-refractivity contribution >= 4 is 11.9 Å². The summed E-state index contributed by atoms with van der Waals surface area (Å²) in [6.45, 7) is 4.09. The lowest BCUT2D eigenvalue weighted by molar-refractivity contribution is -0.142. The van der Waals surface area contributed by atoms with Gasteiger partial charge in [0, 0.05) is 20.1 Å². The van der Waals surface area contributed by atoms with Crippen LogP contribution in [0.3, 0.4) is 0 Å². The number of rotatable bonds is 5. The lowest BCUT2D eigenvalue weighted by Crippen LogP contribution is -2.35. The maximum absolute atomic E-state index is 11.7. The van der Waals surface area contributed by atoms with Crippen LogP contribution < -0.4 is 0 Å². The predicted molar refractivity (Wildman–Crippen MR) is 64.7 cm³/mol. The molecule has 0 radical (unpaired) electrons. The molecule has 1 atom stereocenters. The van der Waals surface area contributed by atoms with Gasteiger partial charge in [0.1, 0.15) is 0 Å². The second-order valence-electron chi connectivity index (χ2n) is 4.75. The molecule has 1 N–H and O–H groups in total. The first-order chi connectivity index (χ1) is 8.04. The van der Waals surface area contributed by atoms with Gasteiger partial charge in [-0.2, -0.15) is 0 Å². The second kappa shape index (κ2) is 6.59. The number of carbonyl (C=O) groups is 2. The van der Waals surface area contributed by atoms with Crippen LogP contribution in [0.4, 0.5) is 0 Å². The van der Waals surface area contributed by atoms with E-state index in [-0.39, 0.29) is 5.91 Å². The Hall–Kier alpha value is -1.10. The monoisotopic (exact) mass is 242 g/mol. The molecule has 1 unspecified atom stereocenters. The number of hydrogen-bond donors (Lipinski definition) is 1. The summed E-state index contributed by atoms with van der Waals surface area (Å²) in [6, 6.07) is 0. The summed E-state index contributed by atoms with van der Waals surface area (Å²) in [5.41, 5.74) is 0. The molecule has 5 heteroatoms. The van der Waals surface area contributed by atoms with Crippen molar-refractivity contribution in [2.24, 2.45) is 5.92 Å². The number of carbonyl (C=O) groups excluding carboxylic acids is 1. The highest BCUT2D eigenvalue weighted by Gasteiger charge is 2.29. The van der Waals surface area contributed by atoms with E-state index in [0.717, 1.165) is 25.8 Å². The van der Waals surface area contributed by atoms with Crippen molar-refractivity contribution in [3.63, 3.8) is 0 Å². The third kappa shape index (κ3) is 4.34. The van der Waals surface area contributed by atoms with Gasteiger partial charge in [-0.25, -0.2) is 0 Å². The summed E-state index contributed by atoms with van der Waals surface area (Å²) < 4.78 is 0. The van der Waals surface area contributed by atoms with Crippen LogP contribution in [0, 0.1) is 5.92 Å². The van der Waals surface area contributed by atoms with Crippen LogP contribution in [-0.4, -0.2) is 60.0 Å². The summed E-state index contributed by atoms with van der Waals surface area (Å²) in [5.74, 6) is -1.26. The molecule has 0 bridgehead atoms. The van der Waals surface area contributed by atoms with Crippen LogP contribution in [-0.2, 0) is 9.59 Å². The fourth-order valence-electron chi connectivity index (χ4n) is 2.09. The molecule has 0 aromatic rings. The Bertz CT molecular complexity index is 281. The van der Waals surface area contributed by atoms with Crippen molar-refractivity contribution in [1.82, 2.24) is 9.80 Å². The zero-order valence-corrected chi connectivity index (χ0v) is 10.7. The number of nitrogens with zero attached hydrogens (tertiary/aromatic N) is 2. The molecule has 1 aliphatic rings. The van der Waals surface area contributed by atoms with E-state index in [9.17, 15) is 9.59 Å². The first kappa shape index (κ1) is 14.0. The maximum Gasteiger partial charge on any atom is 0.309 e. The van der Waals surface area contributed by atoms with Gasteiger partial charge >= 0.3 is 5.97 Å². The van der Waals surface area contributed by atoms with Crippen molar-refractivity contribution in [2.45, 2.75) is 26.2 Å². The highest BCUT2D eigenvalue weighted by molar-refractivity contribution is 5.80. The van der Waals surface area contributed by atoms with Gasteiger partial charge in [0.2, 0.25) is 5.91 Å². The van der Waals surface area contributed by atoms with Crippen LogP contribution in [0.25, 0.3) is 0 Å². The van der Waals surface area contributed by atoms with Crippen molar-refractivity contribution in [3.05, 3.63) is 0 Å². The van der Waals surface area contributed by atoms with E-state index in [1.807, 2.05) is 4.90 Å². The minimum atomic E-state index is -0.813. The standard InChI is InChI=1S/C12H22N2O3/c1-3-4-5-6-14-8-10(12(16)17)7-13(2)11(15)9-14/h10H,3-9H2,1-2H3,(H,16,17). The Morgan fingerprint density at radius 3 is 2.71 bits per heavy atom. The summed E-state index contributed by atoms with van der Waals surface area (Å²) in [4.78, 5) is 26.3. The molecule has 0 aliphatic carbocycles. The maximum atomic E-state index is 11.7. The molecule has 98 valence electrons. The molecular weight excluding hydrogens is 220 g/mol. The highest BCUT2D eigenvalue weighted by atomic mass is 16.4. The lowest BCUT2D eigenvalue weighted by Gasteiger charge is -2.20. The van der Waals surface area contributed by atoms with Crippen molar-refractivity contribution in [2.75, 3.05) is 33.2 Å². The van der Waals surface area contributed by atoms with Gasteiger partial charge in [0.05, 0.1) is 12.5 Å². The van der Waals surface area contributed by atoms with Gasteiger partial charge in [-0.05, 0) is 13.0 Å². The van der Waals surface area contributed by atoms with Crippen LogP contribution in [0.1, 0.15) is 26.2 Å². The van der Waals surface area contributed by atoms with Gasteiger partial charge in [-0.15, -0.1) is 0 Å². The molecule has 1 rings (SSSR count). The Kier molecular flexibility index (Phi) is 5.41. The predicted octanol–water partition coefficient (Wildman–Crippen LogP) is 0.651. The van der Waals surface area contributed by atoms with Gasteiger partial charge in [-0.1, -0.05) is 19.8 Å². The molecule has 0 saturated carbocycles. The number of unbranched alkanes of at least 4 members (excludes halogenated alkanes) is 2. The number of likely N-dealkylation sites (N-methyl/N-ethyl adjacent to an activating group) is 1. The molecule has 5 nitrogen and oxygen atoms in total. The van der Waals surface area contributed by atoms with E-state index < -0.39 is 11.9 Å². The largest absolute Gasteiger partial charge is 0.481 e. The van der Waals surface area contributed by atoms with E-state index in [1.165, 1.54) is 4.90 Å². The zero-order valence-electron chi connectivity index (χ0n) is 10.7. The van der Waals surface area contributed by atoms with Crippen LogP contribution in [0.15, 0.2) is 0 Å². The average molecular weight is 242 g/mol. The van der Waals surface area contributed by atoms with Crippen molar-refractivity contribution in [1.29, 1.82) is 0 Å². The van der Waals surface area contributed by atoms with Crippen LogP contribution >= 0.6 is 0 Å². The summed E-state index contributed by atoms with van der Waals surface area (Å²) in [5, 5.41) is 9.09. The van der Waals surface area contributed by atoms with Crippen molar-refractivity contribution < 1.29 is 14.7 Å². The first-order valence-electron chi connectivity index (χ1n) is 6.23. The minimum absolute atomic E-state index is 0.0187. The average Bonchev–Trinajstić information content (AvgIpc) is 2.40. The second-order valence-corrected chi connectivity index (χ2v) is 4.75. The SMILES string of the molecule is CCCCCN1CC(=O)N(C)CC(C(=O)O)C1. The molecule has 0 aromatic carbocycles. The van der Waals surface area contributed by atoms with E-state index >= 15 is 0 Å². The van der Waals surface area contributed by atoms with Gasteiger partial charge in [0.15, 0.2) is 0 Å². The van der Waals surface area contributed by atoms with Gasteiger partial charge in [0.25, 0.3) is 0 Å². The third-order valence-corrected chi connectivity index (χ3v) is 3.18. The highest BCUT2D eigenvalue weighted by Crippen LogP contribution is 2.11. The quantitative estimate of drug-likeness (QED) is 0.719. The molecule has 1 amide bonds. The summed E-state index contributed by atoms with van der Waals surface area (Å²) >= 11 is 0. The molecule has 0 aromatic heterocycles.